The minimum Gasteiger partial charge on any atom is -0.393 e. The van der Waals surface area contributed by atoms with Crippen molar-refractivity contribution >= 4 is 0 Å². The number of rotatable bonds is 0. The topological polar surface area (TPSA) is 20.2 Å². The molecule has 4 rings (SSSR count). The van der Waals surface area contributed by atoms with Gasteiger partial charge in [0.2, 0.25) is 0 Å². The monoisotopic (exact) mass is 178 g/mol. The zero-order chi connectivity index (χ0) is 8.58. The Bertz CT molecular complexity index is 250. The fourth-order valence-electron chi connectivity index (χ4n) is 5.53. The summed E-state index contributed by atoms with van der Waals surface area (Å²) in [6.45, 7) is 0. The molecule has 1 N–H and O–H groups in total. The molecule has 0 spiro atoms. The minimum absolute atomic E-state index is 0.0885. The van der Waals surface area contributed by atoms with Crippen LogP contribution in [-0.4, -0.2) is 11.2 Å². The van der Waals surface area contributed by atoms with E-state index in [0.717, 1.165) is 41.9 Å². The second-order valence-electron chi connectivity index (χ2n) is 5.95. The normalized spacial score (nSPS) is 67.6. The van der Waals surface area contributed by atoms with E-state index < -0.39 is 0 Å². The standard InChI is InChI=1S/C12H18O/c13-10-5-8-4-9(10)12-7-2-1-6(3-7)11(8)12/h6-13H,1-5H2/t6-,7+,8+,9-,10-,11-,12+/m1/s1. The van der Waals surface area contributed by atoms with Gasteiger partial charge in [0.05, 0.1) is 6.10 Å². The van der Waals surface area contributed by atoms with E-state index >= 15 is 0 Å². The molecule has 0 amide bonds. The van der Waals surface area contributed by atoms with E-state index in [4.69, 9.17) is 0 Å². The van der Waals surface area contributed by atoms with Gasteiger partial charge in [0.1, 0.15) is 0 Å². The summed E-state index contributed by atoms with van der Waals surface area (Å²) in [5.41, 5.74) is 0. The number of fused-ring (bicyclic) bond motifs is 9. The van der Waals surface area contributed by atoms with E-state index in [1.54, 1.807) is 0 Å². The molecule has 0 aromatic rings. The fourth-order valence-corrected chi connectivity index (χ4v) is 5.53. The Morgan fingerprint density at radius 2 is 1.54 bits per heavy atom. The Morgan fingerprint density at radius 3 is 2.38 bits per heavy atom. The minimum atomic E-state index is 0.0885. The second kappa shape index (κ2) is 2.13. The van der Waals surface area contributed by atoms with E-state index in [9.17, 15) is 5.11 Å². The molecule has 4 aliphatic carbocycles. The van der Waals surface area contributed by atoms with E-state index in [-0.39, 0.29) is 6.10 Å². The summed E-state index contributed by atoms with van der Waals surface area (Å²) < 4.78 is 0. The number of aliphatic hydroxyl groups is 1. The number of aliphatic hydroxyl groups excluding tert-OH is 1. The van der Waals surface area contributed by atoms with Crippen LogP contribution < -0.4 is 0 Å². The number of hydrogen-bond acceptors (Lipinski definition) is 1. The molecule has 1 heteroatoms. The molecule has 0 unspecified atom stereocenters. The van der Waals surface area contributed by atoms with Crippen molar-refractivity contribution in [1.82, 2.24) is 0 Å². The summed E-state index contributed by atoms with van der Waals surface area (Å²) in [4.78, 5) is 0. The molecule has 0 aliphatic heterocycles. The Labute approximate surface area is 79.5 Å². The Kier molecular flexibility index (Phi) is 1.19. The first-order valence-corrected chi connectivity index (χ1v) is 6.02. The third kappa shape index (κ3) is 0.707. The van der Waals surface area contributed by atoms with Crippen molar-refractivity contribution in [2.45, 2.75) is 38.2 Å². The molecule has 0 aromatic heterocycles. The summed E-state index contributed by atoms with van der Waals surface area (Å²) in [6, 6.07) is 0. The van der Waals surface area contributed by atoms with Gasteiger partial charge in [-0.1, -0.05) is 0 Å². The molecule has 1 nitrogen and oxygen atoms in total. The van der Waals surface area contributed by atoms with E-state index in [1.165, 1.54) is 25.7 Å². The molecular formula is C12H18O. The predicted octanol–water partition coefficient (Wildman–Crippen LogP) is 2.05. The molecule has 4 bridgehead atoms. The maximum absolute atomic E-state index is 9.89. The highest BCUT2D eigenvalue weighted by Gasteiger charge is 2.61. The van der Waals surface area contributed by atoms with E-state index in [0.29, 0.717) is 0 Å². The third-order valence-corrected chi connectivity index (χ3v) is 5.70. The molecule has 4 saturated carbocycles. The lowest BCUT2D eigenvalue weighted by molar-refractivity contribution is 0.0291. The zero-order valence-electron chi connectivity index (χ0n) is 8.02. The van der Waals surface area contributed by atoms with Gasteiger partial charge in [-0.2, -0.15) is 0 Å². The van der Waals surface area contributed by atoms with Crippen LogP contribution in [0.25, 0.3) is 0 Å². The lowest BCUT2D eigenvalue weighted by Crippen LogP contribution is -2.34. The smallest absolute Gasteiger partial charge is 0.0574 e. The van der Waals surface area contributed by atoms with Crippen molar-refractivity contribution in [1.29, 1.82) is 0 Å². The molecule has 7 atom stereocenters. The molecular weight excluding hydrogens is 160 g/mol. The first-order chi connectivity index (χ1) is 6.34. The van der Waals surface area contributed by atoms with Gasteiger partial charge in [0, 0.05) is 0 Å². The maximum Gasteiger partial charge on any atom is 0.0574 e. The Hall–Kier alpha value is -0.0400. The summed E-state index contributed by atoms with van der Waals surface area (Å²) in [5.74, 6) is 5.79. The van der Waals surface area contributed by atoms with Crippen molar-refractivity contribution in [3.63, 3.8) is 0 Å². The van der Waals surface area contributed by atoms with Gasteiger partial charge in [-0.25, -0.2) is 0 Å². The Morgan fingerprint density at radius 1 is 0.769 bits per heavy atom. The van der Waals surface area contributed by atoms with Crippen LogP contribution in [0, 0.1) is 35.5 Å². The molecule has 0 aromatic carbocycles. The molecule has 72 valence electrons. The first-order valence-electron chi connectivity index (χ1n) is 6.02. The first kappa shape index (κ1) is 7.28. The number of hydrogen-bond donors (Lipinski definition) is 1. The van der Waals surface area contributed by atoms with Crippen LogP contribution in [-0.2, 0) is 0 Å². The SMILES string of the molecule is O[C@@H]1C[C@@H]2C[C@H]1[C@@H]1[C@H]3CC[C@H](C3)[C@H]21. The van der Waals surface area contributed by atoms with Crippen LogP contribution in [0.2, 0.25) is 0 Å². The van der Waals surface area contributed by atoms with Crippen molar-refractivity contribution in [2.75, 3.05) is 0 Å². The third-order valence-electron chi connectivity index (χ3n) is 5.70. The zero-order valence-corrected chi connectivity index (χ0v) is 8.02. The van der Waals surface area contributed by atoms with Gasteiger partial charge in [0.15, 0.2) is 0 Å². The van der Waals surface area contributed by atoms with Gasteiger partial charge in [-0.15, -0.1) is 0 Å². The van der Waals surface area contributed by atoms with Crippen LogP contribution in [0.3, 0.4) is 0 Å². The van der Waals surface area contributed by atoms with Gasteiger partial charge in [0.25, 0.3) is 0 Å². The molecule has 4 fully saturated rings. The van der Waals surface area contributed by atoms with Crippen LogP contribution in [0.4, 0.5) is 0 Å². The van der Waals surface area contributed by atoms with E-state index in [1.807, 2.05) is 0 Å². The fraction of sp³-hybridized carbons (Fsp3) is 1.00. The predicted molar refractivity (Wildman–Crippen MR) is 50.0 cm³/mol. The molecule has 4 aliphatic rings. The second-order valence-corrected chi connectivity index (χ2v) is 5.95. The van der Waals surface area contributed by atoms with Gasteiger partial charge in [-0.05, 0) is 67.6 Å². The van der Waals surface area contributed by atoms with Gasteiger partial charge in [-0.3, -0.25) is 0 Å². The quantitative estimate of drug-likeness (QED) is 0.563. The maximum atomic E-state index is 9.89. The Balaban J connectivity index is 1.75. The van der Waals surface area contributed by atoms with Crippen molar-refractivity contribution in [3.05, 3.63) is 0 Å². The van der Waals surface area contributed by atoms with Crippen LogP contribution in [0.5, 0.6) is 0 Å². The highest BCUT2D eigenvalue weighted by atomic mass is 16.3. The average Bonchev–Trinajstić information content (AvgIpc) is 2.78. The van der Waals surface area contributed by atoms with Crippen molar-refractivity contribution in [3.8, 4) is 0 Å². The highest BCUT2D eigenvalue weighted by molar-refractivity contribution is 5.10. The van der Waals surface area contributed by atoms with Gasteiger partial charge >= 0.3 is 0 Å². The molecule has 13 heavy (non-hydrogen) atoms. The summed E-state index contributed by atoms with van der Waals surface area (Å²) in [5, 5.41) is 9.89. The molecule has 0 heterocycles. The lowest BCUT2D eigenvalue weighted by atomic mass is 9.70. The molecule has 0 radical (unpaired) electrons. The van der Waals surface area contributed by atoms with Crippen LogP contribution in [0.1, 0.15) is 32.1 Å². The van der Waals surface area contributed by atoms with Crippen LogP contribution >= 0.6 is 0 Å². The van der Waals surface area contributed by atoms with Crippen molar-refractivity contribution < 1.29 is 5.11 Å². The highest BCUT2D eigenvalue weighted by Crippen LogP contribution is 2.67. The summed E-state index contributed by atoms with van der Waals surface area (Å²) >= 11 is 0. The van der Waals surface area contributed by atoms with E-state index in [2.05, 4.69) is 0 Å². The summed E-state index contributed by atoms with van der Waals surface area (Å²) in [6.07, 6.45) is 7.14. The van der Waals surface area contributed by atoms with Crippen LogP contribution in [0.15, 0.2) is 0 Å². The lowest BCUT2D eigenvalue weighted by Gasteiger charge is -2.36. The van der Waals surface area contributed by atoms with Crippen molar-refractivity contribution in [2.24, 2.45) is 35.5 Å². The largest absolute Gasteiger partial charge is 0.393 e. The summed E-state index contributed by atoms with van der Waals surface area (Å²) in [7, 11) is 0. The average molecular weight is 178 g/mol. The molecule has 0 saturated heterocycles. The van der Waals surface area contributed by atoms with Gasteiger partial charge < -0.3 is 5.11 Å².